The van der Waals surface area contributed by atoms with Crippen molar-refractivity contribution in [1.29, 1.82) is 0 Å². The third-order valence-electron chi connectivity index (χ3n) is 7.51. The van der Waals surface area contributed by atoms with Crippen LogP contribution in [-0.2, 0) is 16.8 Å². The number of hydrogen-bond donors (Lipinski definition) is 1. The summed E-state index contributed by atoms with van der Waals surface area (Å²) in [5.41, 5.74) is 5.24. The molecule has 6 rings (SSSR count). The van der Waals surface area contributed by atoms with Crippen LogP contribution in [0.25, 0.3) is 27.9 Å². The third-order valence-corrected chi connectivity index (χ3v) is 7.51. The smallest absolute Gasteiger partial charge is 0.241 e. The molecule has 0 spiro atoms. The van der Waals surface area contributed by atoms with E-state index in [0.29, 0.717) is 6.54 Å². The number of nitrogens with one attached hydrogen (secondary N) is 1. The van der Waals surface area contributed by atoms with Gasteiger partial charge >= 0.3 is 0 Å². The lowest BCUT2D eigenvalue weighted by Crippen LogP contribution is -2.58. The molecule has 0 radical (unpaired) electrons. The molecule has 1 aromatic heterocycles. The molecule has 0 aliphatic carbocycles. The monoisotopic (exact) mass is 421 g/mol. The Morgan fingerprint density at radius 3 is 2.56 bits per heavy atom. The molecule has 3 heterocycles. The number of para-hydroxylation sites is 2. The first kappa shape index (κ1) is 19.2. The second kappa shape index (κ2) is 6.49. The molecular weight excluding hydrogens is 394 g/mol. The first-order chi connectivity index (χ1) is 15.5. The largest absolute Gasteiger partial charge is 0.341 e. The number of rotatable bonds is 3. The van der Waals surface area contributed by atoms with Crippen molar-refractivity contribution >= 4 is 39.5 Å². The van der Waals surface area contributed by atoms with Gasteiger partial charge in [0.1, 0.15) is 5.66 Å². The Kier molecular flexibility index (Phi) is 3.89. The molecule has 1 atom stereocenters. The summed E-state index contributed by atoms with van der Waals surface area (Å²) in [5, 5.41) is 5.88. The molecule has 4 heteroatoms. The van der Waals surface area contributed by atoms with E-state index in [1.165, 1.54) is 27.4 Å². The van der Waals surface area contributed by atoms with Crippen molar-refractivity contribution < 1.29 is 4.79 Å². The minimum Gasteiger partial charge on any atom is -0.341 e. The molecule has 32 heavy (non-hydrogen) atoms. The Labute approximate surface area is 188 Å². The van der Waals surface area contributed by atoms with Gasteiger partial charge in [-0.05, 0) is 42.3 Å². The minimum absolute atomic E-state index is 0.0683. The van der Waals surface area contributed by atoms with Crippen LogP contribution in [-0.4, -0.2) is 22.7 Å². The molecule has 0 unspecified atom stereocenters. The highest BCUT2D eigenvalue weighted by molar-refractivity contribution is 6.08. The van der Waals surface area contributed by atoms with Crippen LogP contribution in [0.15, 0.2) is 72.8 Å². The van der Waals surface area contributed by atoms with Gasteiger partial charge in [-0.1, -0.05) is 68.5 Å². The summed E-state index contributed by atoms with van der Waals surface area (Å²) in [7, 11) is 0. The van der Waals surface area contributed by atoms with Crippen molar-refractivity contribution in [1.82, 2.24) is 9.88 Å². The van der Waals surface area contributed by atoms with Crippen LogP contribution >= 0.6 is 0 Å². The molecule has 1 N–H and O–H groups in total. The summed E-state index contributed by atoms with van der Waals surface area (Å²) in [6.45, 7) is 7.94. The molecule has 1 fully saturated rings. The van der Waals surface area contributed by atoms with Crippen LogP contribution in [0.2, 0.25) is 0 Å². The number of aromatic nitrogens is 1. The Balaban J connectivity index is 1.48. The third kappa shape index (κ3) is 2.35. The van der Waals surface area contributed by atoms with E-state index in [-0.39, 0.29) is 11.3 Å². The van der Waals surface area contributed by atoms with E-state index < -0.39 is 5.66 Å². The Morgan fingerprint density at radius 2 is 1.72 bits per heavy atom. The summed E-state index contributed by atoms with van der Waals surface area (Å²) in [4.78, 5) is 14.8. The predicted molar refractivity (Wildman–Crippen MR) is 132 cm³/mol. The maximum absolute atomic E-state index is 12.5. The van der Waals surface area contributed by atoms with E-state index >= 15 is 0 Å². The van der Waals surface area contributed by atoms with Crippen molar-refractivity contribution in [2.45, 2.75) is 38.4 Å². The summed E-state index contributed by atoms with van der Waals surface area (Å²) >= 11 is 0. The zero-order valence-corrected chi connectivity index (χ0v) is 18.7. The van der Waals surface area contributed by atoms with Gasteiger partial charge in [-0.15, -0.1) is 0 Å². The van der Waals surface area contributed by atoms with Gasteiger partial charge < -0.3 is 14.8 Å². The number of benzene rings is 3. The number of nitrogens with zero attached hydrogens (tertiary/aromatic N) is 2. The van der Waals surface area contributed by atoms with Crippen molar-refractivity contribution in [3.63, 3.8) is 0 Å². The van der Waals surface area contributed by atoms with Gasteiger partial charge in [0.2, 0.25) is 5.91 Å². The fraction of sp³-hybridized carbons (Fsp3) is 0.250. The van der Waals surface area contributed by atoms with Crippen LogP contribution in [0.4, 0.5) is 5.69 Å². The second-order valence-electron chi connectivity index (χ2n) is 9.41. The van der Waals surface area contributed by atoms with Crippen LogP contribution in [0, 0.1) is 0 Å². The molecule has 0 saturated carbocycles. The number of amides is 1. The molecule has 1 amide bonds. The van der Waals surface area contributed by atoms with E-state index in [1.54, 1.807) is 0 Å². The quantitative estimate of drug-likeness (QED) is 0.477. The van der Waals surface area contributed by atoms with Gasteiger partial charge in [0.15, 0.2) is 0 Å². The average Bonchev–Trinajstić information content (AvgIpc) is 3.37. The Hall–Kier alpha value is -3.53. The average molecular weight is 422 g/mol. The topological polar surface area (TPSA) is 37.3 Å². The number of carbonyl (C=O) groups is 1. The first-order valence-electron chi connectivity index (χ1n) is 11.3. The van der Waals surface area contributed by atoms with Gasteiger partial charge in [0.05, 0.1) is 6.54 Å². The van der Waals surface area contributed by atoms with Gasteiger partial charge in [-0.25, -0.2) is 0 Å². The number of carbonyl (C=O) groups excluding carboxylic acids is 1. The fourth-order valence-electron chi connectivity index (χ4n) is 5.87. The SMILES string of the molecule is CCn1c2ccccc2c2ccc(/C=C/[C@]34NC(=O)CN3c3ccccc3C4(C)C)cc21. The molecule has 2 aliphatic rings. The first-order valence-corrected chi connectivity index (χ1v) is 11.3. The van der Waals surface area contributed by atoms with Crippen molar-refractivity contribution in [2.75, 3.05) is 11.4 Å². The van der Waals surface area contributed by atoms with Gasteiger partial charge in [0.25, 0.3) is 0 Å². The van der Waals surface area contributed by atoms with E-state index in [4.69, 9.17) is 0 Å². The Morgan fingerprint density at radius 1 is 0.969 bits per heavy atom. The van der Waals surface area contributed by atoms with Crippen molar-refractivity contribution in [3.8, 4) is 0 Å². The number of fused-ring (bicyclic) bond motifs is 6. The number of hydrogen-bond acceptors (Lipinski definition) is 2. The maximum Gasteiger partial charge on any atom is 0.241 e. The highest BCUT2D eigenvalue weighted by Gasteiger charge is 2.59. The molecule has 0 bridgehead atoms. The van der Waals surface area contributed by atoms with Crippen LogP contribution in [0.3, 0.4) is 0 Å². The zero-order valence-electron chi connectivity index (χ0n) is 18.7. The van der Waals surface area contributed by atoms with Gasteiger partial charge in [-0.2, -0.15) is 0 Å². The summed E-state index contributed by atoms with van der Waals surface area (Å²) in [5.74, 6) is 0.0683. The molecule has 2 aliphatic heterocycles. The minimum atomic E-state index is -0.569. The second-order valence-corrected chi connectivity index (χ2v) is 9.41. The standard InChI is InChI=1S/C28H27N3O/c1-4-30-23-11-7-5-9-20(23)21-14-13-19(17-25(21)30)15-16-28-27(2,3)22-10-6-8-12-24(22)31(28)18-26(32)29-28/h5-17H,4,18H2,1-3H3,(H,29,32)/b16-15+/t28-/m0/s1. The van der Waals surface area contributed by atoms with E-state index in [0.717, 1.165) is 17.8 Å². The Bertz CT molecular complexity index is 1430. The highest BCUT2D eigenvalue weighted by Crippen LogP contribution is 2.52. The van der Waals surface area contributed by atoms with Gasteiger partial charge in [-0.3, -0.25) is 4.79 Å². The maximum atomic E-state index is 12.5. The van der Waals surface area contributed by atoms with Crippen molar-refractivity contribution in [3.05, 3.63) is 83.9 Å². The van der Waals surface area contributed by atoms with Crippen LogP contribution < -0.4 is 10.2 Å². The van der Waals surface area contributed by atoms with Gasteiger partial charge in [0, 0.05) is 39.5 Å². The molecular formula is C28H27N3O. The molecule has 1 saturated heterocycles. The molecule has 160 valence electrons. The normalized spacial score (nSPS) is 21.5. The summed E-state index contributed by atoms with van der Waals surface area (Å²) in [6, 6.07) is 23.7. The van der Waals surface area contributed by atoms with E-state index in [9.17, 15) is 4.79 Å². The lowest BCUT2D eigenvalue weighted by atomic mass is 9.75. The molecule has 4 nitrogen and oxygen atoms in total. The van der Waals surface area contributed by atoms with Crippen LogP contribution in [0.5, 0.6) is 0 Å². The van der Waals surface area contributed by atoms with E-state index in [2.05, 4.69) is 114 Å². The summed E-state index contributed by atoms with van der Waals surface area (Å²) < 4.78 is 2.37. The van der Waals surface area contributed by atoms with E-state index in [1.807, 2.05) is 0 Å². The predicted octanol–water partition coefficient (Wildman–Crippen LogP) is 5.45. The van der Waals surface area contributed by atoms with Crippen molar-refractivity contribution in [2.24, 2.45) is 0 Å². The zero-order chi connectivity index (χ0) is 22.1. The summed E-state index contributed by atoms with van der Waals surface area (Å²) in [6.07, 6.45) is 4.36. The highest BCUT2D eigenvalue weighted by atomic mass is 16.2. The molecule has 3 aromatic carbocycles. The molecule has 4 aromatic rings. The number of aryl methyl sites for hydroxylation is 1. The lowest BCUT2D eigenvalue weighted by molar-refractivity contribution is -0.118. The fourth-order valence-corrected chi connectivity index (χ4v) is 5.87. The van der Waals surface area contributed by atoms with Crippen LogP contribution in [0.1, 0.15) is 31.9 Å². The number of anilines is 1. The lowest BCUT2D eigenvalue weighted by Gasteiger charge is -2.40.